The predicted molar refractivity (Wildman–Crippen MR) is 62.7 cm³/mol. The number of carbonyl (C=O) groups is 1. The minimum Gasteiger partial charge on any atom is -0.480 e. The van der Waals surface area contributed by atoms with Crippen LogP contribution in [0.1, 0.15) is 19.3 Å². The van der Waals surface area contributed by atoms with Crippen LogP contribution < -0.4 is 0 Å². The van der Waals surface area contributed by atoms with Crippen LogP contribution in [0, 0.1) is 0 Å². The molecular weight excluding hydrogens is 244 g/mol. The number of thiol groups is 2. The molecular formula is C7H14O4S3. The van der Waals surface area contributed by atoms with Crippen molar-refractivity contribution in [3.8, 4) is 0 Å². The molecule has 0 aromatic carbocycles. The highest BCUT2D eigenvalue weighted by atomic mass is 32.2. The summed E-state index contributed by atoms with van der Waals surface area (Å²) in [5, 5.41) is 7.49. The van der Waals surface area contributed by atoms with Crippen molar-refractivity contribution >= 4 is 42.3 Å². The van der Waals surface area contributed by atoms with Crippen molar-refractivity contribution in [2.75, 3.05) is 5.75 Å². The minimum atomic E-state index is -1.76. The van der Waals surface area contributed by atoms with E-state index >= 15 is 0 Å². The molecule has 84 valence electrons. The lowest BCUT2D eigenvalue weighted by Crippen LogP contribution is -2.24. The third kappa shape index (κ3) is 6.69. The first-order valence-corrected chi connectivity index (χ1v) is 6.42. The zero-order valence-electron chi connectivity index (χ0n) is 7.50. The Labute approximate surface area is 96.6 Å². The summed E-state index contributed by atoms with van der Waals surface area (Å²) < 4.78 is 18.7. The molecule has 7 heteroatoms. The van der Waals surface area contributed by atoms with Crippen LogP contribution in [0.3, 0.4) is 0 Å². The standard InChI is InChI=1S/C7H14O4S3/c8-7(9)6(13)5(12)3-1-2-4-14(10)11/h5-6,12-13H,1-4H2,(H,8,9)(H,10,11). The molecule has 0 saturated heterocycles. The molecule has 3 atom stereocenters. The molecule has 0 aliphatic carbocycles. The summed E-state index contributed by atoms with van der Waals surface area (Å²) in [6.07, 6.45) is 1.87. The lowest BCUT2D eigenvalue weighted by Gasteiger charge is -2.13. The normalized spacial score (nSPS) is 17.4. The van der Waals surface area contributed by atoms with E-state index in [0.717, 1.165) is 0 Å². The number of unbranched alkanes of at least 4 members (excludes halogenated alkanes) is 1. The van der Waals surface area contributed by atoms with Gasteiger partial charge < -0.3 is 9.66 Å². The van der Waals surface area contributed by atoms with Crippen LogP contribution in [0.5, 0.6) is 0 Å². The monoisotopic (exact) mass is 258 g/mol. The van der Waals surface area contributed by atoms with Gasteiger partial charge in [0.05, 0.1) is 0 Å². The van der Waals surface area contributed by atoms with Crippen molar-refractivity contribution in [1.29, 1.82) is 0 Å². The summed E-state index contributed by atoms with van der Waals surface area (Å²) in [5.41, 5.74) is 0. The maximum atomic E-state index is 10.5. The van der Waals surface area contributed by atoms with Gasteiger partial charge >= 0.3 is 5.97 Å². The molecule has 0 radical (unpaired) electrons. The van der Waals surface area contributed by atoms with Gasteiger partial charge in [-0.25, -0.2) is 4.21 Å². The molecule has 0 rings (SSSR count). The molecule has 0 aliphatic rings. The van der Waals surface area contributed by atoms with Crippen LogP contribution in [0.15, 0.2) is 0 Å². The van der Waals surface area contributed by atoms with Crippen molar-refractivity contribution < 1.29 is 18.7 Å². The average Bonchev–Trinajstić information content (AvgIpc) is 2.10. The summed E-state index contributed by atoms with van der Waals surface area (Å²) in [7, 11) is 0. The Balaban J connectivity index is 3.58. The fourth-order valence-electron chi connectivity index (χ4n) is 0.901. The van der Waals surface area contributed by atoms with Crippen molar-refractivity contribution in [2.24, 2.45) is 0 Å². The van der Waals surface area contributed by atoms with Crippen molar-refractivity contribution in [3.63, 3.8) is 0 Å². The Kier molecular flexibility index (Phi) is 7.71. The highest BCUT2D eigenvalue weighted by Crippen LogP contribution is 2.16. The Hall–Kier alpha value is 0.280. The lowest BCUT2D eigenvalue weighted by molar-refractivity contribution is -0.136. The van der Waals surface area contributed by atoms with Gasteiger partial charge in [-0.05, 0) is 12.8 Å². The average molecular weight is 258 g/mol. The molecule has 0 saturated carbocycles. The van der Waals surface area contributed by atoms with E-state index in [4.69, 9.17) is 9.66 Å². The molecule has 0 bridgehead atoms. The highest BCUT2D eigenvalue weighted by molar-refractivity contribution is 7.85. The first kappa shape index (κ1) is 14.3. The molecule has 0 aromatic rings. The summed E-state index contributed by atoms with van der Waals surface area (Å²) in [6, 6.07) is 0. The van der Waals surface area contributed by atoms with Gasteiger partial charge in [-0.15, -0.1) is 0 Å². The fourth-order valence-corrected chi connectivity index (χ4v) is 1.81. The van der Waals surface area contributed by atoms with Gasteiger partial charge in [0.1, 0.15) is 5.25 Å². The topological polar surface area (TPSA) is 74.6 Å². The fraction of sp³-hybridized carbons (Fsp3) is 0.857. The smallest absolute Gasteiger partial charge is 0.317 e. The maximum absolute atomic E-state index is 10.5. The molecule has 0 heterocycles. The quantitative estimate of drug-likeness (QED) is 0.313. The van der Waals surface area contributed by atoms with Gasteiger partial charge in [0.2, 0.25) is 0 Å². The largest absolute Gasteiger partial charge is 0.480 e. The molecule has 0 spiro atoms. The first-order chi connectivity index (χ1) is 6.45. The third-order valence-corrected chi connectivity index (χ3v) is 3.70. The summed E-state index contributed by atoms with van der Waals surface area (Å²) in [4.78, 5) is 10.5. The zero-order chi connectivity index (χ0) is 11.1. The summed E-state index contributed by atoms with van der Waals surface area (Å²) in [6.45, 7) is 0. The second kappa shape index (κ2) is 7.56. The SMILES string of the molecule is O=C(O)C(S)C(S)CCCCS(=O)O. The van der Waals surface area contributed by atoms with Crippen LogP contribution in [0.4, 0.5) is 0 Å². The molecule has 4 nitrogen and oxygen atoms in total. The van der Waals surface area contributed by atoms with E-state index in [1.54, 1.807) is 0 Å². The van der Waals surface area contributed by atoms with Crippen LogP contribution in [0.2, 0.25) is 0 Å². The summed E-state index contributed by atoms with van der Waals surface area (Å²) in [5.74, 6) is -0.760. The van der Waals surface area contributed by atoms with E-state index < -0.39 is 22.3 Å². The third-order valence-electron chi connectivity index (χ3n) is 1.69. The number of hydrogen-bond acceptors (Lipinski definition) is 4. The highest BCUT2D eigenvalue weighted by Gasteiger charge is 2.20. The number of carboxylic acid groups (broad SMARTS) is 1. The van der Waals surface area contributed by atoms with Crippen LogP contribution in [0.25, 0.3) is 0 Å². The Morgan fingerprint density at radius 1 is 1.36 bits per heavy atom. The Morgan fingerprint density at radius 3 is 2.36 bits per heavy atom. The molecule has 14 heavy (non-hydrogen) atoms. The van der Waals surface area contributed by atoms with Crippen molar-refractivity contribution in [3.05, 3.63) is 0 Å². The van der Waals surface area contributed by atoms with Gasteiger partial charge in [0.25, 0.3) is 0 Å². The zero-order valence-corrected chi connectivity index (χ0v) is 10.1. The first-order valence-electron chi connectivity index (χ1n) is 4.11. The van der Waals surface area contributed by atoms with E-state index in [2.05, 4.69) is 25.3 Å². The van der Waals surface area contributed by atoms with Crippen LogP contribution in [-0.4, -0.2) is 36.1 Å². The number of rotatable bonds is 7. The predicted octanol–water partition coefficient (Wildman–Crippen LogP) is 1.06. The van der Waals surface area contributed by atoms with E-state index in [1.165, 1.54) is 0 Å². The van der Waals surface area contributed by atoms with Crippen LogP contribution >= 0.6 is 25.3 Å². The number of aliphatic carboxylic acids is 1. The number of hydrogen-bond donors (Lipinski definition) is 4. The van der Waals surface area contributed by atoms with Gasteiger partial charge in [-0.2, -0.15) is 25.3 Å². The second-order valence-corrected chi connectivity index (χ2v) is 5.14. The van der Waals surface area contributed by atoms with Gasteiger partial charge in [0.15, 0.2) is 11.1 Å². The van der Waals surface area contributed by atoms with E-state index in [0.29, 0.717) is 19.3 Å². The van der Waals surface area contributed by atoms with Crippen molar-refractivity contribution in [1.82, 2.24) is 0 Å². The van der Waals surface area contributed by atoms with Gasteiger partial charge in [-0.3, -0.25) is 4.79 Å². The Bertz CT molecular complexity index is 209. The molecule has 2 N–H and O–H groups in total. The van der Waals surface area contributed by atoms with E-state index in [-0.39, 0.29) is 11.0 Å². The van der Waals surface area contributed by atoms with E-state index in [1.807, 2.05) is 0 Å². The molecule has 3 unspecified atom stereocenters. The van der Waals surface area contributed by atoms with Gasteiger partial charge in [-0.1, -0.05) is 6.42 Å². The van der Waals surface area contributed by atoms with E-state index in [9.17, 15) is 9.00 Å². The Morgan fingerprint density at radius 2 is 1.93 bits per heavy atom. The lowest BCUT2D eigenvalue weighted by atomic mass is 10.1. The minimum absolute atomic E-state index is 0.227. The molecule has 0 amide bonds. The molecule has 0 fully saturated rings. The van der Waals surface area contributed by atoms with Gasteiger partial charge in [0, 0.05) is 11.0 Å². The number of carboxylic acids is 1. The van der Waals surface area contributed by atoms with Crippen molar-refractivity contribution in [2.45, 2.75) is 29.8 Å². The molecule has 0 aromatic heterocycles. The molecule has 0 aliphatic heterocycles. The second-order valence-electron chi connectivity index (χ2n) is 2.87. The maximum Gasteiger partial charge on any atom is 0.317 e. The summed E-state index contributed by atoms with van der Waals surface area (Å²) >= 11 is 6.21. The van der Waals surface area contributed by atoms with Crippen LogP contribution in [-0.2, 0) is 15.9 Å².